The van der Waals surface area contributed by atoms with Crippen LogP contribution in [0.5, 0.6) is 0 Å². The maximum Gasteiger partial charge on any atom is 0.244 e. The molecule has 1 aromatic heterocycles. The summed E-state index contributed by atoms with van der Waals surface area (Å²) in [6.45, 7) is 6.77. The number of benzene rings is 1. The Kier molecular flexibility index (Phi) is 5.41. The zero-order chi connectivity index (χ0) is 18.7. The van der Waals surface area contributed by atoms with Gasteiger partial charge in [-0.15, -0.1) is 0 Å². The van der Waals surface area contributed by atoms with E-state index < -0.39 is 10.0 Å². The highest BCUT2D eigenvalue weighted by Crippen LogP contribution is 2.22. The number of nitriles is 1. The lowest BCUT2D eigenvalue weighted by Crippen LogP contribution is -2.35. The predicted molar refractivity (Wildman–Crippen MR) is 95.8 cm³/mol. The van der Waals surface area contributed by atoms with Gasteiger partial charge in [0.25, 0.3) is 0 Å². The number of hydrogen-bond acceptors (Lipinski definition) is 6. The van der Waals surface area contributed by atoms with Crippen LogP contribution in [0.2, 0.25) is 0 Å². The molecule has 7 nitrogen and oxygen atoms in total. The number of hydrogen-bond donors (Lipinski definition) is 0. The van der Waals surface area contributed by atoms with Crippen LogP contribution in [0.1, 0.15) is 29.0 Å². The van der Waals surface area contributed by atoms with Crippen molar-refractivity contribution in [1.82, 2.24) is 14.4 Å². The van der Waals surface area contributed by atoms with Crippen molar-refractivity contribution in [3.05, 3.63) is 46.8 Å². The summed E-state index contributed by atoms with van der Waals surface area (Å²) in [5.74, 6) is 0.805. The molecule has 0 radical (unpaired) electrons. The molecule has 1 fully saturated rings. The molecule has 3 rings (SSSR count). The highest BCUT2D eigenvalue weighted by Gasteiger charge is 2.29. The number of sulfonamides is 1. The summed E-state index contributed by atoms with van der Waals surface area (Å²) in [5.41, 5.74) is 2.12. The minimum Gasteiger partial charge on any atom is -0.361 e. The van der Waals surface area contributed by atoms with Crippen LogP contribution in [0.25, 0.3) is 0 Å². The van der Waals surface area contributed by atoms with Crippen molar-refractivity contribution in [2.45, 2.75) is 31.7 Å². The largest absolute Gasteiger partial charge is 0.361 e. The van der Waals surface area contributed by atoms with Crippen LogP contribution in [0.4, 0.5) is 0 Å². The van der Waals surface area contributed by atoms with Crippen LogP contribution in [0.3, 0.4) is 0 Å². The van der Waals surface area contributed by atoms with Crippen LogP contribution in [0.15, 0.2) is 33.7 Å². The van der Waals surface area contributed by atoms with Gasteiger partial charge in [0.15, 0.2) is 0 Å². The minimum absolute atomic E-state index is 0.0849. The molecule has 0 N–H and O–H groups in total. The molecule has 1 aliphatic rings. The lowest BCUT2D eigenvalue weighted by Gasteiger charge is -2.22. The highest BCUT2D eigenvalue weighted by molar-refractivity contribution is 7.89. The topological polar surface area (TPSA) is 90.4 Å². The van der Waals surface area contributed by atoms with Gasteiger partial charge in [0.2, 0.25) is 10.0 Å². The van der Waals surface area contributed by atoms with Crippen molar-refractivity contribution in [2.75, 3.05) is 26.2 Å². The molecular formula is C18H22N4O3S. The standard InChI is InChI=1S/C18H22N4O3S/c1-14-17(15(2)25-20-14)13-21-8-5-9-22(11-10-21)26(23,24)18-7-4-3-6-16(18)12-19/h3-4,6-7H,5,8-11,13H2,1-2H3. The van der Waals surface area contributed by atoms with Crippen LogP contribution in [-0.2, 0) is 16.6 Å². The summed E-state index contributed by atoms with van der Waals surface area (Å²) in [4.78, 5) is 2.31. The van der Waals surface area contributed by atoms with E-state index in [0.29, 0.717) is 26.2 Å². The van der Waals surface area contributed by atoms with Gasteiger partial charge < -0.3 is 4.52 Å². The number of rotatable bonds is 4. The second kappa shape index (κ2) is 7.58. The predicted octanol–water partition coefficient (Wildman–Crippen LogP) is 2.06. The van der Waals surface area contributed by atoms with Crippen LogP contribution >= 0.6 is 0 Å². The Labute approximate surface area is 153 Å². The normalized spacial score (nSPS) is 17.0. The monoisotopic (exact) mass is 374 g/mol. The number of aromatic nitrogens is 1. The first-order valence-corrected chi connectivity index (χ1v) is 10.0. The van der Waals surface area contributed by atoms with E-state index >= 15 is 0 Å². The fourth-order valence-corrected chi connectivity index (χ4v) is 4.83. The van der Waals surface area contributed by atoms with E-state index in [1.807, 2.05) is 19.9 Å². The summed E-state index contributed by atoms with van der Waals surface area (Å²) < 4.78 is 32.7. The molecule has 26 heavy (non-hydrogen) atoms. The molecule has 0 atom stereocenters. The SMILES string of the molecule is Cc1noc(C)c1CN1CCCN(S(=O)(=O)c2ccccc2C#N)CC1. The Bertz CT molecular complexity index is 911. The van der Waals surface area contributed by atoms with Crippen LogP contribution in [0, 0.1) is 25.2 Å². The van der Waals surface area contributed by atoms with E-state index in [4.69, 9.17) is 4.52 Å². The summed E-state index contributed by atoms with van der Waals surface area (Å²) in [6, 6.07) is 8.33. The fourth-order valence-electron chi connectivity index (χ4n) is 3.22. The van der Waals surface area contributed by atoms with Gasteiger partial charge in [-0.1, -0.05) is 17.3 Å². The lowest BCUT2D eigenvalue weighted by molar-refractivity contribution is 0.276. The lowest BCUT2D eigenvalue weighted by atomic mass is 10.2. The quantitative estimate of drug-likeness (QED) is 0.814. The van der Waals surface area contributed by atoms with E-state index in [0.717, 1.165) is 30.0 Å². The first kappa shape index (κ1) is 18.6. The van der Waals surface area contributed by atoms with E-state index in [9.17, 15) is 13.7 Å². The third-order valence-electron chi connectivity index (χ3n) is 4.74. The molecule has 0 amide bonds. The summed E-state index contributed by atoms with van der Waals surface area (Å²) >= 11 is 0. The van der Waals surface area contributed by atoms with Crippen molar-refractivity contribution in [3.8, 4) is 6.07 Å². The van der Waals surface area contributed by atoms with Crippen molar-refractivity contribution in [2.24, 2.45) is 0 Å². The van der Waals surface area contributed by atoms with Gasteiger partial charge >= 0.3 is 0 Å². The van der Waals surface area contributed by atoms with Gasteiger partial charge in [-0.3, -0.25) is 4.90 Å². The molecule has 138 valence electrons. The second-order valence-corrected chi connectivity index (χ2v) is 8.35. The van der Waals surface area contributed by atoms with E-state index in [2.05, 4.69) is 10.1 Å². The van der Waals surface area contributed by atoms with Crippen molar-refractivity contribution in [1.29, 1.82) is 5.26 Å². The second-order valence-electron chi connectivity index (χ2n) is 6.44. The van der Waals surface area contributed by atoms with Gasteiger partial charge in [0, 0.05) is 31.7 Å². The average molecular weight is 374 g/mol. The van der Waals surface area contributed by atoms with Crippen LogP contribution in [-0.4, -0.2) is 49.0 Å². The maximum absolute atomic E-state index is 13.0. The van der Waals surface area contributed by atoms with Crippen molar-refractivity contribution in [3.63, 3.8) is 0 Å². The first-order valence-electron chi connectivity index (χ1n) is 8.57. The molecule has 8 heteroatoms. The first-order chi connectivity index (χ1) is 12.4. The van der Waals surface area contributed by atoms with Crippen LogP contribution < -0.4 is 0 Å². The van der Waals surface area contributed by atoms with E-state index in [1.165, 1.54) is 16.4 Å². The van der Waals surface area contributed by atoms with E-state index in [-0.39, 0.29) is 10.5 Å². The maximum atomic E-state index is 13.0. The molecule has 0 unspecified atom stereocenters. The van der Waals surface area contributed by atoms with Crippen molar-refractivity contribution >= 4 is 10.0 Å². The van der Waals surface area contributed by atoms with Crippen molar-refractivity contribution < 1.29 is 12.9 Å². The third kappa shape index (κ3) is 3.65. The number of nitrogens with zero attached hydrogens (tertiary/aromatic N) is 4. The van der Waals surface area contributed by atoms with E-state index in [1.54, 1.807) is 12.1 Å². The molecule has 1 aromatic carbocycles. The highest BCUT2D eigenvalue weighted by atomic mass is 32.2. The Balaban J connectivity index is 1.75. The molecule has 0 saturated carbocycles. The summed E-state index contributed by atoms with van der Waals surface area (Å²) in [6.07, 6.45) is 0.733. The molecule has 2 heterocycles. The summed E-state index contributed by atoms with van der Waals surface area (Å²) in [5, 5.41) is 13.2. The molecular weight excluding hydrogens is 352 g/mol. The molecule has 0 bridgehead atoms. The van der Waals surface area contributed by atoms with Gasteiger partial charge in [-0.05, 0) is 38.9 Å². The molecule has 0 spiro atoms. The van der Waals surface area contributed by atoms with Gasteiger partial charge in [-0.2, -0.15) is 9.57 Å². The zero-order valence-corrected chi connectivity index (χ0v) is 15.8. The minimum atomic E-state index is -3.68. The third-order valence-corrected chi connectivity index (χ3v) is 6.69. The Morgan fingerprint density at radius 3 is 2.65 bits per heavy atom. The summed E-state index contributed by atoms with van der Waals surface area (Å²) in [7, 11) is -3.68. The fraction of sp³-hybridized carbons (Fsp3) is 0.444. The molecule has 0 aliphatic carbocycles. The molecule has 1 aliphatic heterocycles. The Morgan fingerprint density at radius 2 is 1.96 bits per heavy atom. The van der Waals surface area contributed by atoms with Gasteiger partial charge in [-0.25, -0.2) is 8.42 Å². The molecule has 2 aromatic rings. The smallest absolute Gasteiger partial charge is 0.244 e. The number of aryl methyl sites for hydroxylation is 2. The average Bonchev–Trinajstić information content (AvgIpc) is 2.83. The Hall–Kier alpha value is -2.21. The Morgan fingerprint density at radius 1 is 1.19 bits per heavy atom. The van der Waals surface area contributed by atoms with Gasteiger partial charge in [0.1, 0.15) is 11.8 Å². The van der Waals surface area contributed by atoms with Gasteiger partial charge in [0.05, 0.1) is 16.2 Å². The zero-order valence-electron chi connectivity index (χ0n) is 15.0. The molecule has 1 saturated heterocycles.